The average molecular weight is 492 g/mol. The molecule has 1 heterocycles. The van der Waals surface area contributed by atoms with E-state index in [1.165, 1.54) is 56.9 Å². The molecule has 0 radical (unpaired) electrons. The Kier molecular flexibility index (Phi) is 12.9. The molecule has 2 rings (SSSR count). The molecule has 0 fully saturated rings. The van der Waals surface area contributed by atoms with Crippen LogP contribution < -0.4 is 4.74 Å². The third-order valence-electron chi connectivity index (χ3n) is 6.31. The topological polar surface area (TPSA) is 39.2 Å². The molecule has 2 aromatic rings. The summed E-state index contributed by atoms with van der Waals surface area (Å²) in [6.45, 7) is 4.06. The van der Waals surface area contributed by atoms with Crippen molar-refractivity contribution >= 4 is 5.97 Å². The first-order valence-electron chi connectivity index (χ1n) is 13.2. The molecule has 0 aliphatic heterocycles. The Bertz CT molecular complexity index is 848. The zero-order chi connectivity index (χ0) is 25.5. The molecule has 3 nitrogen and oxygen atoms in total. The van der Waals surface area contributed by atoms with Crippen LogP contribution in [0.25, 0.3) is 11.3 Å². The lowest BCUT2D eigenvalue weighted by atomic mass is 9.98. The first-order chi connectivity index (χ1) is 16.8. The van der Waals surface area contributed by atoms with Gasteiger partial charge in [-0.1, -0.05) is 77.7 Å². The lowest BCUT2D eigenvalue weighted by molar-refractivity contribution is -0.183. The van der Waals surface area contributed by atoms with Crippen LogP contribution in [0, 0.1) is 5.92 Å². The van der Waals surface area contributed by atoms with E-state index < -0.39 is 24.5 Å². The molecule has 6 heteroatoms. The lowest BCUT2D eigenvalue weighted by Gasteiger charge is -2.19. The predicted molar refractivity (Wildman–Crippen MR) is 135 cm³/mol. The highest BCUT2D eigenvalue weighted by molar-refractivity contribution is 5.73. The number of unbranched alkanes of at least 4 members (excludes halogenated alkanes) is 8. The zero-order valence-electron chi connectivity index (χ0n) is 21.2. The highest BCUT2D eigenvalue weighted by atomic mass is 19.4. The summed E-state index contributed by atoms with van der Waals surface area (Å²) in [6, 6.07) is 10.8. The maximum atomic E-state index is 13.2. The van der Waals surface area contributed by atoms with Gasteiger partial charge in [-0.2, -0.15) is 13.2 Å². The molecular weight excluding hydrogens is 451 g/mol. The fraction of sp³-hybridized carbons (Fsp3) is 0.586. The molecule has 0 amide bonds. The van der Waals surface area contributed by atoms with E-state index in [1.807, 2.05) is 19.2 Å². The molecule has 1 aromatic heterocycles. The van der Waals surface area contributed by atoms with Crippen molar-refractivity contribution in [3.8, 4) is 17.0 Å². The van der Waals surface area contributed by atoms with E-state index >= 15 is 0 Å². The first-order valence-corrected chi connectivity index (χ1v) is 13.2. The number of hydrogen-bond acceptors (Lipinski definition) is 3. The Morgan fingerprint density at radius 1 is 0.857 bits per heavy atom. The van der Waals surface area contributed by atoms with Crippen LogP contribution >= 0.6 is 0 Å². The number of esters is 1. The maximum absolute atomic E-state index is 13.2. The molecule has 0 saturated carbocycles. The molecule has 0 aliphatic rings. The monoisotopic (exact) mass is 491 g/mol. The van der Waals surface area contributed by atoms with Crippen LogP contribution in [0.4, 0.5) is 13.2 Å². The van der Waals surface area contributed by atoms with Gasteiger partial charge in [-0.3, -0.25) is 9.78 Å². The Labute approximate surface area is 208 Å². The molecule has 194 valence electrons. The number of rotatable bonds is 16. The lowest BCUT2D eigenvalue weighted by Crippen LogP contribution is -2.27. The molecular formula is C29H40F3NO2. The second-order valence-electron chi connectivity index (χ2n) is 9.36. The molecule has 1 atom stereocenters. The van der Waals surface area contributed by atoms with Gasteiger partial charge < -0.3 is 4.74 Å². The molecule has 35 heavy (non-hydrogen) atoms. The molecule has 0 N–H and O–H groups in total. The van der Waals surface area contributed by atoms with E-state index in [2.05, 4.69) is 18.0 Å². The van der Waals surface area contributed by atoms with Crippen molar-refractivity contribution in [2.45, 2.75) is 103 Å². The van der Waals surface area contributed by atoms with Crippen LogP contribution in [0.5, 0.6) is 5.75 Å². The van der Waals surface area contributed by atoms with Gasteiger partial charge in [0.05, 0.1) is 18.0 Å². The maximum Gasteiger partial charge on any atom is 0.392 e. The second-order valence-corrected chi connectivity index (χ2v) is 9.36. The Morgan fingerprint density at radius 3 is 2.06 bits per heavy atom. The van der Waals surface area contributed by atoms with Crippen LogP contribution in [0.1, 0.15) is 96.5 Å². The van der Waals surface area contributed by atoms with E-state index in [1.54, 1.807) is 24.3 Å². The number of benzene rings is 1. The van der Waals surface area contributed by atoms with Crippen molar-refractivity contribution in [2.24, 2.45) is 5.92 Å². The average Bonchev–Trinajstić information content (AvgIpc) is 2.83. The van der Waals surface area contributed by atoms with Crippen LogP contribution in [-0.2, 0) is 11.2 Å². The van der Waals surface area contributed by atoms with Crippen molar-refractivity contribution < 1.29 is 22.7 Å². The van der Waals surface area contributed by atoms with Gasteiger partial charge >= 0.3 is 12.1 Å². The highest BCUT2D eigenvalue weighted by Crippen LogP contribution is 2.33. The summed E-state index contributed by atoms with van der Waals surface area (Å²) in [6.07, 6.45) is 9.23. The minimum absolute atomic E-state index is 0.0608. The van der Waals surface area contributed by atoms with Crippen LogP contribution in [0.2, 0.25) is 0 Å². The van der Waals surface area contributed by atoms with Gasteiger partial charge in [-0.15, -0.1) is 0 Å². The molecule has 0 aliphatic carbocycles. The Hall–Kier alpha value is -2.37. The largest absolute Gasteiger partial charge is 0.427 e. The number of aromatic nitrogens is 1. The summed E-state index contributed by atoms with van der Waals surface area (Å²) in [7, 11) is 0. The van der Waals surface area contributed by atoms with Crippen molar-refractivity contribution in [3.05, 3.63) is 48.2 Å². The molecule has 1 aromatic carbocycles. The predicted octanol–water partition coefficient (Wildman–Crippen LogP) is 9.10. The molecule has 0 spiro atoms. The van der Waals surface area contributed by atoms with Crippen LogP contribution in [-0.4, -0.2) is 17.1 Å². The van der Waals surface area contributed by atoms with Gasteiger partial charge in [0.15, 0.2) is 0 Å². The molecule has 0 saturated heterocycles. The summed E-state index contributed by atoms with van der Waals surface area (Å²) in [5.41, 5.74) is 2.88. The summed E-state index contributed by atoms with van der Waals surface area (Å²) in [5.74, 6) is -2.29. The molecule has 1 unspecified atom stereocenters. The fourth-order valence-electron chi connectivity index (χ4n) is 4.11. The number of halogens is 3. The summed E-state index contributed by atoms with van der Waals surface area (Å²) >= 11 is 0. The minimum Gasteiger partial charge on any atom is -0.427 e. The number of pyridine rings is 1. The van der Waals surface area contributed by atoms with Gasteiger partial charge in [0, 0.05) is 11.8 Å². The van der Waals surface area contributed by atoms with Crippen molar-refractivity contribution in [2.75, 3.05) is 0 Å². The van der Waals surface area contributed by atoms with E-state index in [0.717, 1.165) is 17.7 Å². The first kappa shape index (κ1) is 28.9. The number of hydrogen-bond donors (Lipinski definition) is 0. The standard InChI is InChI=1S/C29H40F3NO2/c1-3-5-7-8-9-10-11-12-13-23-15-20-27(33-22-23)24-16-18-26(19-17-24)35-28(34)21-25(14-6-4-2)29(30,31)32/h15-20,22,25H,3-14,21H2,1-2H3. The van der Waals surface area contributed by atoms with Crippen molar-refractivity contribution in [1.29, 1.82) is 0 Å². The van der Waals surface area contributed by atoms with E-state index in [0.29, 0.717) is 12.8 Å². The van der Waals surface area contributed by atoms with Crippen molar-refractivity contribution in [1.82, 2.24) is 4.98 Å². The van der Waals surface area contributed by atoms with Crippen LogP contribution in [0.15, 0.2) is 42.6 Å². The van der Waals surface area contributed by atoms with E-state index in [4.69, 9.17) is 4.74 Å². The zero-order valence-corrected chi connectivity index (χ0v) is 21.2. The number of alkyl halides is 3. The number of nitrogens with zero attached hydrogens (tertiary/aromatic N) is 1. The summed E-state index contributed by atoms with van der Waals surface area (Å²) < 4.78 is 44.6. The Balaban J connectivity index is 1.79. The van der Waals surface area contributed by atoms with E-state index in [-0.39, 0.29) is 12.2 Å². The Morgan fingerprint density at radius 2 is 1.49 bits per heavy atom. The van der Waals surface area contributed by atoms with E-state index in [9.17, 15) is 18.0 Å². The van der Waals surface area contributed by atoms with Gasteiger partial charge in [-0.05, 0) is 55.2 Å². The van der Waals surface area contributed by atoms with Gasteiger partial charge in [0.1, 0.15) is 5.75 Å². The van der Waals surface area contributed by atoms with Gasteiger partial charge in [0.25, 0.3) is 0 Å². The third-order valence-corrected chi connectivity index (χ3v) is 6.31. The minimum atomic E-state index is -4.40. The van der Waals surface area contributed by atoms with Crippen molar-refractivity contribution in [3.63, 3.8) is 0 Å². The van der Waals surface area contributed by atoms with Gasteiger partial charge in [0.2, 0.25) is 0 Å². The fourth-order valence-corrected chi connectivity index (χ4v) is 4.11. The number of carbonyl (C=O) groups excluding carboxylic acids is 1. The number of aryl methyl sites for hydroxylation is 1. The smallest absolute Gasteiger partial charge is 0.392 e. The summed E-state index contributed by atoms with van der Waals surface area (Å²) in [5, 5.41) is 0. The van der Waals surface area contributed by atoms with Crippen LogP contribution in [0.3, 0.4) is 0 Å². The second kappa shape index (κ2) is 15.6. The number of carbonyl (C=O) groups is 1. The highest BCUT2D eigenvalue weighted by Gasteiger charge is 2.40. The SMILES string of the molecule is CCCCCCCCCCc1ccc(-c2ccc(OC(=O)CC(CCCC)C(F)(F)F)cc2)nc1. The number of ether oxygens (including phenoxy) is 1. The normalized spacial score (nSPS) is 12.5. The third kappa shape index (κ3) is 11.3. The summed E-state index contributed by atoms with van der Waals surface area (Å²) in [4.78, 5) is 16.6. The van der Waals surface area contributed by atoms with Gasteiger partial charge in [-0.25, -0.2) is 0 Å². The molecule has 0 bridgehead atoms. The quantitative estimate of drug-likeness (QED) is 0.133.